The van der Waals surface area contributed by atoms with Crippen LogP contribution >= 0.6 is 15.9 Å². The SMILES string of the molecule is CC(C)CC(NC(=O)CN(c1ccc(Br)cc1)S(=O)(=O)c1ccccc1)c1ccccc1. The predicted molar refractivity (Wildman–Crippen MR) is 132 cm³/mol. The number of sulfonamides is 1. The van der Waals surface area contributed by atoms with E-state index in [9.17, 15) is 13.2 Å². The Balaban J connectivity index is 1.90. The number of hydrogen-bond acceptors (Lipinski definition) is 3. The maximum absolute atomic E-state index is 13.4. The first-order valence-corrected chi connectivity index (χ1v) is 12.7. The van der Waals surface area contributed by atoms with E-state index in [2.05, 4.69) is 35.1 Å². The average molecular weight is 515 g/mol. The molecule has 0 bridgehead atoms. The molecule has 0 aromatic heterocycles. The fourth-order valence-corrected chi connectivity index (χ4v) is 5.15. The fraction of sp³-hybridized carbons (Fsp3) is 0.240. The van der Waals surface area contributed by atoms with Crippen molar-refractivity contribution in [3.8, 4) is 0 Å². The monoisotopic (exact) mass is 514 g/mol. The van der Waals surface area contributed by atoms with Gasteiger partial charge in [-0.2, -0.15) is 0 Å². The van der Waals surface area contributed by atoms with Gasteiger partial charge in [0.15, 0.2) is 0 Å². The Kier molecular flexibility index (Phi) is 8.10. The minimum Gasteiger partial charge on any atom is -0.348 e. The first kappa shape index (κ1) is 24.0. The Morgan fingerprint density at radius 3 is 2.03 bits per heavy atom. The van der Waals surface area contributed by atoms with E-state index >= 15 is 0 Å². The molecule has 0 aliphatic carbocycles. The Hall–Kier alpha value is -2.64. The van der Waals surface area contributed by atoms with E-state index in [4.69, 9.17) is 0 Å². The number of carbonyl (C=O) groups is 1. The van der Waals surface area contributed by atoms with Crippen LogP contribution in [0.1, 0.15) is 31.9 Å². The smallest absolute Gasteiger partial charge is 0.264 e. The third kappa shape index (κ3) is 6.20. The number of amides is 1. The van der Waals surface area contributed by atoms with Gasteiger partial charge in [-0.25, -0.2) is 8.42 Å². The van der Waals surface area contributed by atoms with Gasteiger partial charge in [0.25, 0.3) is 10.0 Å². The van der Waals surface area contributed by atoms with Gasteiger partial charge >= 0.3 is 0 Å². The van der Waals surface area contributed by atoms with Gasteiger partial charge in [-0.1, -0.05) is 78.3 Å². The summed E-state index contributed by atoms with van der Waals surface area (Å²) in [5.74, 6) is -0.00179. The summed E-state index contributed by atoms with van der Waals surface area (Å²) >= 11 is 3.38. The van der Waals surface area contributed by atoms with Crippen LogP contribution in [0.15, 0.2) is 94.3 Å². The zero-order valence-electron chi connectivity index (χ0n) is 18.1. The summed E-state index contributed by atoms with van der Waals surface area (Å²) in [6.45, 7) is 3.87. The maximum Gasteiger partial charge on any atom is 0.264 e. The second-order valence-electron chi connectivity index (χ2n) is 7.96. The number of rotatable bonds is 9. The molecule has 1 unspecified atom stereocenters. The summed E-state index contributed by atoms with van der Waals surface area (Å²) in [5, 5.41) is 3.05. The lowest BCUT2D eigenvalue weighted by molar-refractivity contribution is -0.120. The molecule has 168 valence electrons. The zero-order valence-corrected chi connectivity index (χ0v) is 20.5. The molecule has 0 saturated heterocycles. The second kappa shape index (κ2) is 10.8. The third-order valence-electron chi connectivity index (χ3n) is 4.98. The average Bonchev–Trinajstić information content (AvgIpc) is 2.78. The molecule has 1 N–H and O–H groups in total. The summed E-state index contributed by atoms with van der Waals surface area (Å²) in [7, 11) is -3.93. The summed E-state index contributed by atoms with van der Waals surface area (Å²) < 4.78 is 28.8. The molecule has 0 saturated carbocycles. The van der Waals surface area contributed by atoms with Crippen molar-refractivity contribution in [2.75, 3.05) is 10.8 Å². The van der Waals surface area contributed by atoms with Crippen LogP contribution in [0.2, 0.25) is 0 Å². The Bertz CT molecular complexity index is 1120. The van der Waals surface area contributed by atoms with Crippen molar-refractivity contribution < 1.29 is 13.2 Å². The molecular weight excluding hydrogens is 488 g/mol. The minimum absolute atomic E-state index is 0.137. The highest BCUT2D eigenvalue weighted by atomic mass is 79.9. The van der Waals surface area contributed by atoms with Crippen LogP contribution in [0.4, 0.5) is 5.69 Å². The van der Waals surface area contributed by atoms with Crippen LogP contribution in [-0.4, -0.2) is 20.9 Å². The molecule has 3 aromatic carbocycles. The van der Waals surface area contributed by atoms with Crippen LogP contribution in [0.25, 0.3) is 0 Å². The highest BCUT2D eigenvalue weighted by molar-refractivity contribution is 9.10. The zero-order chi connectivity index (χ0) is 23.1. The first-order chi connectivity index (χ1) is 15.3. The molecule has 32 heavy (non-hydrogen) atoms. The largest absolute Gasteiger partial charge is 0.348 e. The molecule has 0 radical (unpaired) electrons. The normalized spacial score (nSPS) is 12.4. The lowest BCUT2D eigenvalue weighted by Crippen LogP contribution is -2.42. The highest BCUT2D eigenvalue weighted by Gasteiger charge is 2.28. The molecular formula is C25H27BrN2O3S. The Morgan fingerprint density at radius 2 is 1.47 bits per heavy atom. The van der Waals surface area contributed by atoms with Gasteiger partial charge < -0.3 is 5.32 Å². The van der Waals surface area contributed by atoms with Crippen molar-refractivity contribution in [3.05, 3.63) is 95.0 Å². The number of hydrogen-bond donors (Lipinski definition) is 1. The van der Waals surface area contributed by atoms with E-state index in [1.54, 1.807) is 42.5 Å². The summed E-state index contributed by atoms with van der Waals surface area (Å²) in [4.78, 5) is 13.2. The molecule has 0 aliphatic rings. The predicted octanol–water partition coefficient (Wildman–Crippen LogP) is 5.55. The van der Waals surface area contributed by atoms with Crippen molar-refractivity contribution in [2.24, 2.45) is 5.92 Å². The number of anilines is 1. The summed E-state index contributed by atoms with van der Waals surface area (Å²) in [6, 6.07) is 24.6. The standard InChI is InChI=1S/C25H27BrN2O3S/c1-19(2)17-24(20-9-5-3-6-10-20)27-25(29)18-28(22-15-13-21(26)14-16-22)32(30,31)23-11-7-4-8-12-23/h3-16,19,24H,17-18H2,1-2H3,(H,27,29). The van der Waals surface area contributed by atoms with Gasteiger partial charge in [-0.05, 0) is 54.3 Å². The van der Waals surface area contributed by atoms with Crippen LogP contribution in [0.5, 0.6) is 0 Å². The molecule has 3 aromatic rings. The third-order valence-corrected chi connectivity index (χ3v) is 7.29. The van der Waals surface area contributed by atoms with Crippen LogP contribution in [0, 0.1) is 5.92 Å². The van der Waals surface area contributed by atoms with Gasteiger partial charge in [-0.15, -0.1) is 0 Å². The Labute approximate surface area is 198 Å². The minimum atomic E-state index is -3.93. The maximum atomic E-state index is 13.4. The fourth-order valence-electron chi connectivity index (χ4n) is 3.45. The molecule has 1 amide bonds. The van der Waals surface area contributed by atoms with Crippen LogP contribution in [-0.2, 0) is 14.8 Å². The van der Waals surface area contributed by atoms with E-state index in [1.165, 1.54) is 12.1 Å². The molecule has 0 heterocycles. The van der Waals surface area contributed by atoms with Crippen LogP contribution < -0.4 is 9.62 Å². The molecule has 3 rings (SSSR count). The summed E-state index contributed by atoms with van der Waals surface area (Å²) in [6.07, 6.45) is 0.749. The molecule has 0 spiro atoms. The molecule has 1 atom stereocenters. The van der Waals surface area contributed by atoms with Gasteiger partial charge in [0, 0.05) is 4.47 Å². The topological polar surface area (TPSA) is 66.5 Å². The van der Waals surface area contributed by atoms with Crippen LogP contribution in [0.3, 0.4) is 0 Å². The van der Waals surface area contributed by atoms with E-state index in [0.29, 0.717) is 11.6 Å². The van der Waals surface area contributed by atoms with Crippen molar-refractivity contribution in [3.63, 3.8) is 0 Å². The van der Waals surface area contributed by atoms with E-state index in [1.807, 2.05) is 30.3 Å². The first-order valence-electron chi connectivity index (χ1n) is 10.4. The number of benzene rings is 3. The summed E-state index contributed by atoms with van der Waals surface area (Å²) in [5.41, 5.74) is 1.42. The van der Waals surface area contributed by atoms with Gasteiger partial charge in [-0.3, -0.25) is 9.10 Å². The number of nitrogens with one attached hydrogen (secondary N) is 1. The van der Waals surface area contributed by atoms with Gasteiger partial charge in [0.1, 0.15) is 6.54 Å². The van der Waals surface area contributed by atoms with E-state index in [-0.39, 0.29) is 23.4 Å². The second-order valence-corrected chi connectivity index (χ2v) is 10.7. The van der Waals surface area contributed by atoms with E-state index < -0.39 is 10.0 Å². The molecule has 0 fully saturated rings. The number of nitrogens with zero attached hydrogens (tertiary/aromatic N) is 1. The Morgan fingerprint density at radius 1 is 0.906 bits per heavy atom. The molecule has 5 nitrogen and oxygen atoms in total. The molecule has 0 aliphatic heterocycles. The lowest BCUT2D eigenvalue weighted by atomic mass is 9.97. The van der Waals surface area contributed by atoms with Crippen molar-refractivity contribution in [1.82, 2.24) is 5.32 Å². The number of carbonyl (C=O) groups excluding carboxylic acids is 1. The van der Waals surface area contributed by atoms with Gasteiger partial charge in [0.2, 0.25) is 5.91 Å². The quantitative estimate of drug-likeness (QED) is 0.407. The highest BCUT2D eigenvalue weighted by Crippen LogP contribution is 2.26. The van der Waals surface area contributed by atoms with Gasteiger partial charge in [0.05, 0.1) is 16.6 Å². The van der Waals surface area contributed by atoms with Crippen molar-refractivity contribution in [2.45, 2.75) is 31.2 Å². The number of halogens is 1. The molecule has 7 heteroatoms. The lowest BCUT2D eigenvalue weighted by Gasteiger charge is -2.26. The van der Waals surface area contributed by atoms with Crippen molar-refractivity contribution >= 4 is 37.5 Å². The van der Waals surface area contributed by atoms with E-state index in [0.717, 1.165) is 20.8 Å². The van der Waals surface area contributed by atoms with Crippen molar-refractivity contribution in [1.29, 1.82) is 0 Å².